The van der Waals surface area contributed by atoms with Crippen LogP contribution in [-0.2, 0) is 0 Å². The molecule has 0 radical (unpaired) electrons. The molecule has 0 heterocycles. The van der Waals surface area contributed by atoms with Crippen LogP contribution in [0.2, 0.25) is 10.0 Å². The zero-order chi connectivity index (χ0) is 19.6. The second kappa shape index (κ2) is 7.70. The molecule has 7 heteroatoms. The zero-order valence-electron chi connectivity index (χ0n) is 13.6. The molecule has 27 heavy (non-hydrogen) atoms. The first kappa shape index (κ1) is 18.8. The van der Waals surface area contributed by atoms with E-state index >= 15 is 0 Å². The predicted molar refractivity (Wildman–Crippen MR) is 101 cm³/mol. The molecule has 3 aromatic carbocycles. The van der Waals surface area contributed by atoms with Crippen LogP contribution >= 0.6 is 23.2 Å². The van der Waals surface area contributed by atoms with Gasteiger partial charge < -0.3 is 14.9 Å². The van der Waals surface area contributed by atoms with Crippen LogP contribution in [0.4, 0.5) is 0 Å². The second-order valence-electron chi connectivity index (χ2n) is 5.51. The van der Waals surface area contributed by atoms with E-state index in [9.17, 15) is 19.8 Å². The Morgan fingerprint density at radius 1 is 0.778 bits per heavy atom. The molecule has 2 N–H and O–H groups in total. The molecular weight excluding hydrogens is 391 g/mol. The van der Waals surface area contributed by atoms with Gasteiger partial charge in [0, 0.05) is 17.7 Å². The first-order valence-corrected chi connectivity index (χ1v) is 8.46. The van der Waals surface area contributed by atoms with E-state index in [1.165, 1.54) is 24.3 Å². The number of ketones is 1. The van der Waals surface area contributed by atoms with Gasteiger partial charge in [0.05, 0.1) is 15.6 Å². The number of hydrogen-bond donors (Lipinski definition) is 2. The third-order valence-electron chi connectivity index (χ3n) is 3.72. The summed E-state index contributed by atoms with van der Waals surface area (Å²) in [5.41, 5.74) is -0.111. The Morgan fingerprint density at radius 3 is 1.78 bits per heavy atom. The predicted octanol–water partition coefficient (Wildman–Crippen LogP) is 4.85. The molecule has 0 bridgehead atoms. The highest BCUT2D eigenvalue weighted by Crippen LogP contribution is 2.35. The average Bonchev–Trinajstić information content (AvgIpc) is 2.61. The van der Waals surface area contributed by atoms with E-state index in [1.54, 1.807) is 24.3 Å². The van der Waals surface area contributed by atoms with E-state index in [4.69, 9.17) is 27.9 Å². The van der Waals surface area contributed by atoms with Crippen molar-refractivity contribution >= 4 is 35.0 Å². The Morgan fingerprint density at radius 2 is 1.26 bits per heavy atom. The van der Waals surface area contributed by atoms with E-state index in [2.05, 4.69) is 0 Å². The summed E-state index contributed by atoms with van der Waals surface area (Å²) in [6.07, 6.45) is 0. The van der Waals surface area contributed by atoms with Crippen LogP contribution < -0.4 is 4.74 Å². The second-order valence-corrected chi connectivity index (χ2v) is 6.33. The SMILES string of the molecule is O=C(Oc1cc(O)c(C(=O)c2ccccc2Cl)c(O)c1)c1ccccc1Cl. The maximum absolute atomic E-state index is 12.6. The van der Waals surface area contributed by atoms with Crippen molar-refractivity contribution < 1.29 is 24.5 Å². The number of esters is 1. The van der Waals surface area contributed by atoms with Gasteiger partial charge in [0.1, 0.15) is 22.8 Å². The van der Waals surface area contributed by atoms with Crippen molar-refractivity contribution in [2.45, 2.75) is 0 Å². The third-order valence-corrected chi connectivity index (χ3v) is 4.38. The van der Waals surface area contributed by atoms with Gasteiger partial charge in [-0.15, -0.1) is 0 Å². The maximum atomic E-state index is 12.6. The smallest absolute Gasteiger partial charge is 0.345 e. The maximum Gasteiger partial charge on any atom is 0.345 e. The van der Waals surface area contributed by atoms with Crippen LogP contribution in [0.1, 0.15) is 26.3 Å². The lowest BCUT2D eigenvalue weighted by atomic mass is 10.0. The molecule has 0 aliphatic heterocycles. The largest absolute Gasteiger partial charge is 0.507 e. The van der Waals surface area contributed by atoms with Gasteiger partial charge in [0.25, 0.3) is 0 Å². The summed E-state index contributed by atoms with van der Waals surface area (Å²) < 4.78 is 5.13. The fourth-order valence-corrected chi connectivity index (χ4v) is 2.88. The molecule has 0 atom stereocenters. The molecule has 3 aromatic rings. The van der Waals surface area contributed by atoms with Crippen molar-refractivity contribution in [3.63, 3.8) is 0 Å². The monoisotopic (exact) mass is 402 g/mol. The van der Waals surface area contributed by atoms with E-state index in [0.29, 0.717) is 0 Å². The fourth-order valence-electron chi connectivity index (χ4n) is 2.45. The van der Waals surface area contributed by atoms with Gasteiger partial charge in [-0.1, -0.05) is 47.5 Å². The number of ether oxygens (including phenoxy) is 1. The Bertz CT molecular complexity index is 1020. The molecular formula is C20H12Cl2O5. The summed E-state index contributed by atoms with van der Waals surface area (Å²) in [7, 11) is 0. The van der Waals surface area contributed by atoms with Gasteiger partial charge >= 0.3 is 5.97 Å². The Hall–Kier alpha value is -3.02. The first-order valence-electron chi connectivity index (χ1n) is 7.70. The lowest BCUT2D eigenvalue weighted by molar-refractivity contribution is 0.0734. The van der Waals surface area contributed by atoms with Crippen molar-refractivity contribution in [2.24, 2.45) is 0 Å². The molecule has 0 fully saturated rings. The molecule has 0 spiro atoms. The number of carbonyl (C=O) groups is 2. The Kier molecular flexibility index (Phi) is 5.35. The van der Waals surface area contributed by atoms with Crippen LogP contribution in [-0.4, -0.2) is 22.0 Å². The standard InChI is InChI=1S/C20H12Cl2O5/c21-14-7-3-1-5-12(14)19(25)18-16(23)9-11(10-17(18)24)27-20(26)13-6-2-4-8-15(13)22/h1-10,23-24H. The van der Waals surface area contributed by atoms with Gasteiger partial charge in [0.15, 0.2) is 0 Å². The number of aromatic hydroxyl groups is 2. The minimum absolute atomic E-state index is 0.116. The highest BCUT2D eigenvalue weighted by atomic mass is 35.5. The zero-order valence-corrected chi connectivity index (χ0v) is 15.2. The molecule has 0 saturated heterocycles. The lowest BCUT2D eigenvalue weighted by Gasteiger charge is -2.11. The molecule has 136 valence electrons. The summed E-state index contributed by atoms with van der Waals surface area (Å²) in [5.74, 6) is -2.70. The molecule has 5 nitrogen and oxygen atoms in total. The topological polar surface area (TPSA) is 83.8 Å². The highest BCUT2D eigenvalue weighted by Gasteiger charge is 2.22. The lowest BCUT2D eigenvalue weighted by Crippen LogP contribution is -2.09. The molecule has 0 amide bonds. The average molecular weight is 403 g/mol. The number of rotatable bonds is 4. The number of carbonyl (C=O) groups excluding carboxylic acids is 2. The minimum atomic E-state index is -0.774. The van der Waals surface area contributed by atoms with Gasteiger partial charge in [-0.05, 0) is 24.3 Å². The molecule has 0 aromatic heterocycles. The number of halogens is 2. The molecule has 0 aliphatic carbocycles. The number of phenols is 2. The molecule has 0 saturated carbocycles. The van der Waals surface area contributed by atoms with Gasteiger partial charge in [-0.2, -0.15) is 0 Å². The van der Waals surface area contributed by atoms with Crippen LogP contribution in [0, 0.1) is 0 Å². The van der Waals surface area contributed by atoms with E-state index in [-0.39, 0.29) is 32.5 Å². The van der Waals surface area contributed by atoms with Gasteiger partial charge in [-0.25, -0.2) is 4.79 Å². The van der Waals surface area contributed by atoms with Crippen molar-refractivity contribution in [3.8, 4) is 17.2 Å². The summed E-state index contributed by atoms with van der Waals surface area (Å²) >= 11 is 11.9. The number of phenolic OH excluding ortho intramolecular Hbond substituents is 2. The van der Waals surface area contributed by atoms with Crippen LogP contribution in [0.5, 0.6) is 17.2 Å². The van der Waals surface area contributed by atoms with E-state index < -0.39 is 23.3 Å². The molecule has 3 rings (SSSR count). The normalized spacial score (nSPS) is 10.4. The summed E-state index contributed by atoms with van der Waals surface area (Å²) in [6, 6.07) is 14.6. The van der Waals surface area contributed by atoms with Crippen LogP contribution in [0.3, 0.4) is 0 Å². The summed E-state index contributed by atoms with van der Waals surface area (Å²) in [5, 5.41) is 20.8. The summed E-state index contributed by atoms with van der Waals surface area (Å²) in [6.45, 7) is 0. The Balaban J connectivity index is 1.92. The highest BCUT2D eigenvalue weighted by molar-refractivity contribution is 6.35. The van der Waals surface area contributed by atoms with Crippen LogP contribution in [0.15, 0.2) is 60.7 Å². The van der Waals surface area contributed by atoms with E-state index in [1.807, 2.05) is 0 Å². The fraction of sp³-hybridized carbons (Fsp3) is 0. The van der Waals surface area contributed by atoms with Crippen molar-refractivity contribution in [2.75, 3.05) is 0 Å². The molecule has 0 unspecified atom stereocenters. The third kappa shape index (κ3) is 3.89. The Labute approximate surface area is 164 Å². The summed E-state index contributed by atoms with van der Waals surface area (Å²) in [4.78, 5) is 24.8. The van der Waals surface area contributed by atoms with Crippen molar-refractivity contribution in [1.29, 1.82) is 0 Å². The van der Waals surface area contributed by atoms with Gasteiger partial charge in [0.2, 0.25) is 5.78 Å². The number of hydrogen-bond acceptors (Lipinski definition) is 5. The van der Waals surface area contributed by atoms with E-state index in [0.717, 1.165) is 12.1 Å². The van der Waals surface area contributed by atoms with Crippen molar-refractivity contribution in [1.82, 2.24) is 0 Å². The molecule has 0 aliphatic rings. The first-order chi connectivity index (χ1) is 12.9. The van der Waals surface area contributed by atoms with Crippen LogP contribution in [0.25, 0.3) is 0 Å². The van der Waals surface area contributed by atoms with Crippen molar-refractivity contribution in [3.05, 3.63) is 87.4 Å². The number of benzene rings is 3. The minimum Gasteiger partial charge on any atom is -0.507 e. The quantitative estimate of drug-likeness (QED) is 0.370. The van der Waals surface area contributed by atoms with Gasteiger partial charge in [-0.3, -0.25) is 4.79 Å².